The van der Waals surface area contributed by atoms with Gasteiger partial charge in [-0.2, -0.15) is 0 Å². The summed E-state index contributed by atoms with van der Waals surface area (Å²) in [5.74, 6) is -6.13. The van der Waals surface area contributed by atoms with Crippen molar-refractivity contribution in [3.05, 3.63) is 46.2 Å². The number of aromatic nitrogens is 1. The van der Waals surface area contributed by atoms with E-state index in [1.807, 2.05) is 13.8 Å². The number of unbranched alkanes of at least 4 members (excludes halogenated alkanes) is 2. The van der Waals surface area contributed by atoms with Gasteiger partial charge in [0.05, 0.1) is 30.7 Å². The molecule has 0 radical (unpaired) electrons. The molecule has 1 aromatic heterocycles. The molecule has 3 aliphatic rings. The van der Waals surface area contributed by atoms with Crippen molar-refractivity contribution in [2.45, 2.75) is 70.1 Å². The van der Waals surface area contributed by atoms with Crippen molar-refractivity contribution in [1.29, 1.82) is 0 Å². The molecule has 0 amide bonds. The van der Waals surface area contributed by atoms with Gasteiger partial charge in [-0.05, 0) is 42.6 Å². The second kappa shape index (κ2) is 11.4. The summed E-state index contributed by atoms with van der Waals surface area (Å²) in [7, 11) is 1.55. The number of aliphatic hydroxyl groups is 2. The van der Waals surface area contributed by atoms with E-state index in [4.69, 9.17) is 18.7 Å². The summed E-state index contributed by atoms with van der Waals surface area (Å²) in [6, 6.07) is 3.61. The fourth-order valence-electron chi connectivity index (χ4n) is 6.52. The average Bonchev–Trinajstić information content (AvgIpc) is 3.38. The molecule has 1 heterocycles. The third-order valence-electron chi connectivity index (χ3n) is 8.61. The molecule has 5 rings (SSSR count). The Bertz CT molecular complexity index is 1430. The first kappa shape index (κ1) is 29.6. The van der Waals surface area contributed by atoms with Crippen LogP contribution in [0.5, 0.6) is 11.6 Å². The van der Waals surface area contributed by atoms with E-state index in [1.165, 1.54) is 6.07 Å². The summed E-state index contributed by atoms with van der Waals surface area (Å²) in [4.78, 5) is 41.5. The van der Waals surface area contributed by atoms with Crippen LogP contribution in [0.25, 0.3) is 5.76 Å². The van der Waals surface area contributed by atoms with Crippen molar-refractivity contribution in [1.82, 2.24) is 10.5 Å². The van der Waals surface area contributed by atoms with Crippen LogP contribution in [0.2, 0.25) is 0 Å². The largest absolute Gasteiger partial charge is 0.508 e. The minimum atomic E-state index is -2.81. The smallest absolute Gasteiger partial charge is 0.507 e. The predicted molar refractivity (Wildman–Crippen MR) is 147 cm³/mol. The number of phenolic OH excluding ortho intramolecular Hbond substituents is 1. The minimum Gasteiger partial charge on any atom is -0.507 e. The minimum absolute atomic E-state index is 0.0126. The number of nitrogens with zero attached hydrogens (tertiary/aromatic N) is 1. The van der Waals surface area contributed by atoms with E-state index < -0.39 is 59.0 Å². The highest BCUT2D eigenvalue weighted by Crippen LogP contribution is 2.58. The molecule has 0 spiro atoms. The van der Waals surface area contributed by atoms with E-state index in [2.05, 4.69) is 10.5 Å². The van der Waals surface area contributed by atoms with Gasteiger partial charge in [0.1, 0.15) is 23.2 Å². The van der Waals surface area contributed by atoms with E-state index in [1.54, 1.807) is 26.1 Å². The van der Waals surface area contributed by atoms with Gasteiger partial charge in [0.2, 0.25) is 11.6 Å². The van der Waals surface area contributed by atoms with Crippen molar-refractivity contribution >= 4 is 23.5 Å². The van der Waals surface area contributed by atoms with E-state index in [0.29, 0.717) is 18.4 Å². The first-order chi connectivity index (χ1) is 20.1. The number of aromatic hydroxyl groups is 1. The molecule has 1 aromatic carbocycles. The van der Waals surface area contributed by atoms with E-state index in [9.17, 15) is 29.7 Å². The number of benzene rings is 1. The van der Waals surface area contributed by atoms with Crippen molar-refractivity contribution < 1.29 is 48.4 Å². The van der Waals surface area contributed by atoms with E-state index in [-0.39, 0.29) is 47.3 Å². The Kier molecular flexibility index (Phi) is 8.04. The van der Waals surface area contributed by atoms with Crippen LogP contribution in [0.1, 0.15) is 85.7 Å². The highest BCUT2D eigenvalue weighted by atomic mass is 16.7. The molecule has 4 N–H and O–H groups in total. The van der Waals surface area contributed by atoms with Gasteiger partial charge in [0.15, 0.2) is 11.4 Å². The van der Waals surface area contributed by atoms with Crippen LogP contribution in [-0.4, -0.2) is 70.2 Å². The molecule has 0 unspecified atom stereocenters. The van der Waals surface area contributed by atoms with Crippen LogP contribution < -0.4 is 10.1 Å². The highest BCUT2D eigenvalue weighted by molar-refractivity contribution is 6.26. The number of carbonyl (C=O) groups is 3. The zero-order valence-corrected chi connectivity index (χ0v) is 24.0. The Labute approximate surface area is 242 Å². The number of hydrogen-bond donors (Lipinski definition) is 4. The van der Waals surface area contributed by atoms with E-state index >= 15 is 0 Å². The molecular formula is C30H36N2O10. The standard InChI is InChI=1S/C30H36N2O10/c1-5-7-12-39-28-20-25(42-32-28)22(31-4)21-24(41-29(37)40-13-8-6-2)17-14(3)15-10-9-11-16(33)18(15)23(34)19(17)26(35)30(21,38)27(20)36/h9-11,14,17,21-22,24,31,33-34,38H,5-8,12-13H2,1-4H3/t14-,17+,21+,22-,24-,30-/m0/s1. The Balaban J connectivity index is 1.71. The van der Waals surface area contributed by atoms with Gasteiger partial charge in [-0.25, -0.2) is 4.79 Å². The lowest BCUT2D eigenvalue weighted by molar-refractivity contribution is -0.156. The molecule has 3 aliphatic carbocycles. The fourth-order valence-corrected chi connectivity index (χ4v) is 6.52. The van der Waals surface area contributed by atoms with Gasteiger partial charge < -0.3 is 39.4 Å². The second-order valence-electron chi connectivity index (χ2n) is 11.0. The monoisotopic (exact) mass is 584 g/mol. The first-order valence-corrected chi connectivity index (χ1v) is 14.3. The predicted octanol–water partition coefficient (Wildman–Crippen LogP) is 3.97. The number of ketones is 2. The van der Waals surface area contributed by atoms with Crippen LogP contribution in [-0.2, 0) is 14.3 Å². The number of hydrogen-bond acceptors (Lipinski definition) is 12. The average molecular weight is 585 g/mol. The summed E-state index contributed by atoms with van der Waals surface area (Å²) in [6.45, 7) is 5.95. The highest BCUT2D eigenvalue weighted by Gasteiger charge is 2.70. The lowest BCUT2D eigenvalue weighted by Gasteiger charge is -2.52. The van der Waals surface area contributed by atoms with Crippen LogP contribution in [0.15, 0.2) is 28.3 Å². The molecule has 1 fully saturated rings. The number of Topliss-reactive ketones (excluding diaryl/α,β-unsaturated/α-hetero) is 2. The molecule has 1 saturated carbocycles. The SMILES string of the molecule is CCCCOC(=O)O[C@H]1[C@H]2C(=C(O)c3c(O)cccc3[C@@H]2C)C(=O)[C@]2(O)C(=O)c3c(OCCCC)noc3[C@@H](NC)[C@H]12. The molecular weight excluding hydrogens is 548 g/mol. The van der Waals surface area contributed by atoms with Gasteiger partial charge in [0, 0.05) is 11.5 Å². The maximum atomic E-state index is 14.3. The topological polar surface area (TPSA) is 178 Å². The lowest BCUT2D eigenvalue weighted by Crippen LogP contribution is -2.69. The number of carbonyl (C=O) groups excluding carboxylic acids is 3. The van der Waals surface area contributed by atoms with Crippen LogP contribution in [0, 0.1) is 11.8 Å². The Hall–Kier alpha value is -3.90. The third-order valence-corrected chi connectivity index (χ3v) is 8.61. The summed E-state index contributed by atoms with van der Waals surface area (Å²) in [5, 5.41) is 41.3. The van der Waals surface area contributed by atoms with Crippen LogP contribution in [0.3, 0.4) is 0 Å². The number of nitrogens with one attached hydrogen (secondary N) is 1. The molecule has 42 heavy (non-hydrogen) atoms. The van der Waals surface area contributed by atoms with Crippen LogP contribution >= 0.6 is 0 Å². The molecule has 12 heteroatoms. The zero-order chi connectivity index (χ0) is 30.3. The maximum Gasteiger partial charge on any atom is 0.508 e. The van der Waals surface area contributed by atoms with Gasteiger partial charge in [0.25, 0.3) is 5.88 Å². The first-order valence-electron chi connectivity index (χ1n) is 14.3. The summed E-state index contributed by atoms with van der Waals surface area (Å²) in [6.07, 6.45) is 0.425. The quantitative estimate of drug-likeness (QED) is 0.190. The number of fused-ring (bicyclic) bond motifs is 4. The summed E-state index contributed by atoms with van der Waals surface area (Å²) >= 11 is 0. The maximum absolute atomic E-state index is 14.3. The van der Waals surface area contributed by atoms with Gasteiger partial charge in [-0.1, -0.05) is 45.7 Å². The van der Waals surface area contributed by atoms with Crippen LogP contribution in [0.4, 0.5) is 4.79 Å². The van der Waals surface area contributed by atoms with Crippen molar-refractivity contribution in [3.8, 4) is 11.6 Å². The third kappa shape index (κ3) is 4.35. The van der Waals surface area contributed by atoms with Gasteiger partial charge in [-0.15, -0.1) is 0 Å². The lowest BCUT2D eigenvalue weighted by atomic mass is 9.54. The molecule has 0 saturated heterocycles. The number of ether oxygens (including phenoxy) is 3. The Morgan fingerprint density at radius 3 is 2.50 bits per heavy atom. The molecule has 226 valence electrons. The van der Waals surface area contributed by atoms with Gasteiger partial charge in [-0.3, -0.25) is 9.59 Å². The van der Waals surface area contributed by atoms with E-state index in [0.717, 1.165) is 12.8 Å². The Morgan fingerprint density at radius 2 is 1.81 bits per heavy atom. The molecule has 2 aromatic rings. The molecule has 12 nitrogen and oxygen atoms in total. The summed E-state index contributed by atoms with van der Waals surface area (Å²) in [5.41, 5.74) is -2.82. The van der Waals surface area contributed by atoms with Crippen molar-refractivity contribution in [3.63, 3.8) is 0 Å². The molecule has 6 atom stereocenters. The van der Waals surface area contributed by atoms with Gasteiger partial charge >= 0.3 is 6.16 Å². The molecule has 0 bridgehead atoms. The summed E-state index contributed by atoms with van der Waals surface area (Å²) < 4.78 is 22.4. The Morgan fingerprint density at radius 1 is 1.10 bits per heavy atom. The zero-order valence-electron chi connectivity index (χ0n) is 24.0. The molecule has 0 aliphatic heterocycles. The number of rotatable bonds is 9. The normalized spacial score (nSPS) is 28.0. The second-order valence-corrected chi connectivity index (χ2v) is 11.0. The number of aliphatic hydroxyl groups excluding tert-OH is 1. The van der Waals surface area contributed by atoms with Crippen molar-refractivity contribution in [2.75, 3.05) is 20.3 Å². The fraction of sp³-hybridized carbons (Fsp3) is 0.533. The van der Waals surface area contributed by atoms with Crippen molar-refractivity contribution in [2.24, 2.45) is 11.8 Å². The number of phenols is 1.